The monoisotopic (exact) mass is 213 g/mol. The van der Waals surface area contributed by atoms with E-state index in [2.05, 4.69) is 0 Å². The molecule has 1 N–H and O–H groups in total. The molecule has 3 rings (SSSR count). The van der Waals surface area contributed by atoms with Crippen LogP contribution in [0.3, 0.4) is 0 Å². The number of hydrogen-bond acceptors (Lipinski definition) is 2. The zero-order valence-electron chi connectivity index (χ0n) is 8.18. The number of benzene rings is 1. The van der Waals surface area contributed by atoms with Crippen molar-refractivity contribution in [3.8, 4) is 5.69 Å². The maximum absolute atomic E-state index is 11.9. The van der Waals surface area contributed by atoms with Crippen molar-refractivity contribution in [2.45, 2.75) is 0 Å². The highest BCUT2D eigenvalue weighted by atomic mass is 16.4. The third-order valence-corrected chi connectivity index (χ3v) is 2.73. The quantitative estimate of drug-likeness (QED) is 0.669. The number of carbonyl (C=O) groups is 2. The van der Waals surface area contributed by atoms with E-state index in [9.17, 15) is 9.59 Å². The van der Waals surface area contributed by atoms with Gasteiger partial charge in [0.05, 0.1) is 16.9 Å². The lowest BCUT2D eigenvalue weighted by Crippen LogP contribution is -2.03. The predicted octanol–water partition coefficient (Wildman–Crippen LogP) is 1.72. The first-order valence-electron chi connectivity index (χ1n) is 4.79. The molecule has 4 nitrogen and oxygen atoms in total. The van der Waals surface area contributed by atoms with Gasteiger partial charge in [0.25, 0.3) is 0 Å². The molecule has 0 amide bonds. The van der Waals surface area contributed by atoms with Gasteiger partial charge in [-0.1, -0.05) is 6.07 Å². The Bertz CT molecular complexity index is 625. The van der Waals surface area contributed by atoms with Crippen molar-refractivity contribution in [1.29, 1.82) is 0 Å². The molecule has 4 heteroatoms. The van der Waals surface area contributed by atoms with E-state index in [-0.39, 0.29) is 11.3 Å². The number of nitrogens with zero attached hydrogens (tertiary/aromatic N) is 1. The number of aromatic carboxylic acids is 1. The highest BCUT2D eigenvalue weighted by molar-refractivity contribution is 6.16. The summed E-state index contributed by atoms with van der Waals surface area (Å²) in [4.78, 5) is 23.0. The molecule has 0 bridgehead atoms. The highest BCUT2D eigenvalue weighted by Crippen LogP contribution is 2.30. The van der Waals surface area contributed by atoms with E-state index in [0.29, 0.717) is 16.9 Å². The Balaban J connectivity index is 2.42. The first-order chi connectivity index (χ1) is 7.70. The maximum atomic E-state index is 11.9. The number of para-hydroxylation sites is 1. The summed E-state index contributed by atoms with van der Waals surface area (Å²) >= 11 is 0. The average Bonchev–Trinajstić information content (AvgIpc) is 2.83. The Hall–Kier alpha value is -2.36. The minimum absolute atomic E-state index is 0.122. The minimum atomic E-state index is -1.02. The Labute approximate surface area is 90.7 Å². The summed E-state index contributed by atoms with van der Waals surface area (Å²) in [5, 5.41) is 9.07. The van der Waals surface area contributed by atoms with E-state index >= 15 is 0 Å². The Morgan fingerprint density at radius 3 is 2.75 bits per heavy atom. The van der Waals surface area contributed by atoms with Crippen LogP contribution in [0.25, 0.3) is 5.69 Å². The molecule has 0 spiro atoms. The number of aromatic nitrogens is 1. The second-order valence-electron chi connectivity index (χ2n) is 3.60. The molecule has 0 aliphatic carbocycles. The summed E-state index contributed by atoms with van der Waals surface area (Å²) in [5.74, 6) is -1.14. The summed E-state index contributed by atoms with van der Waals surface area (Å²) in [7, 11) is 0. The van der Waals surface area contributed by atoms with Gasteiger partial charge in [-0.2, -0.15) is 0 Å². The van der Waals surface area contributed by atoms with Crippen LogP contribution in [0.4, 0.5) is 0 Å². The van der Waals surface area contributed by atoms with Crippen molar-refractivity contribution in [3.05, 3.63) is 53.3 Å². The number of carboxylic acid groups (broad SMARTS) is 1. The van der Waals surface area contributed by atoms with Crippen molar-refractivity contribution in [2.75, 3.05) is 0 Å². The van der Waals surface area contributed by atoms with Gasteiger partial charge < -0.3 is 9.67 Å². The fourth-order valence-corrected chi connectivity index (χ4v) is 2.06. The Kier molecular flexibility index (Phi) is 1.57. The molecule has 1 aromatic heterocycles. The molecule has 2 heterocycles. The lowest BCUT2D eigenvalue weighted by atomic mass is 10.1. The van der Waals surface area contributed by atoms with Crippen LogP contribution in [0.15, 0.2) is 36.5 Å². The number of rotatable bonds is 1. The van der Waals surface area contributed by atoms with Gasteiger partial charge >= 0.3 is 5.97 Å². The van der Waals surface area contributed by atoms with Crippen molar-refractivity contribution in [1.82, 2.24) is 4.57 Å². The SMILES string of the molecule is O=C(O)c1cccc2c1-n1cccc1C2=O. The summed E-state index contributed by atoms with van der Waals surface area (Å²) in [5.41, 5.74) is 1.60. The normalized spacial score (nSPS) is 12.4. The van der Waals surface area contributed by atoms with E-state index in [1.807, 2.05) is 0 Å². The van der Waals surface area contributed by atoms with E-state index < -0.39 is 5.97 Å². The topological polar surface area (TPSA) is 59.3 Å². The third-order valence-electron chi connectivity index (χ3n) is 2.73. The molecular weight excluding hydrogens is 206 g/mol. The van der Waals surface area contributed by atoms with E-state index in [4.69, 9.17) is 5.11 Å². The van der Waals surface area contributed by atoms with Crippen LogP contribution in [-0.4, -0.2) is 21.4 Å². The molecule has 0 radical (unpaired) electrons. The largest absolute Gasteiger partial charge is 0.478 e. The smallest absolute Gasteiger partial charge is 0.337 e. The summed E-state index contributed by atoms with van der Waals surface area (Å²) in [6, 6.07) is 8.16. The van der Waals surface area contributed by atoms with E-state index in [0.717, 1.165) is 0 Å². The first-order valence-corrected chi connectivity index (χ1v) is 4.79. The Morgan fingerprint density at radius 2 is 2.00 bits per heavy atom. The van der Waals surface area contributed by atoms with E-state index in [1.165, 1.54) is 6.07 Å². The zero-order valence-corrected chi connectivity index (χ0v) is 8.18. The second-order valence-corrected chi connectivity index (χ2v) is 3.60. The number of fused-ring (bicyclic) bond motifs is 3. The van der Waals surface area contributed by atoms with Crippen LogP contribution >= 0.6 is 0 Å². The fraction of sp³-hybridized carbons (Fsp3) is 0. The van der Waals surface area contributed by atoms with Gasteiger partial charge in [-0.25, -0.2) is 4.79 Å². The molecule has 0 saturated heterocycles. The van der Waals surface area contributed by atoms with Crippen molar-refractivity contribution >= 4 is 11.8 Å². The summed E-state index contributed by atoms with van der Waals surface area (Å²) in [6.45, 7) is 0. The maximum Gasteiger partial charge on any atom is 0.337 e. The molecule has 0 saturated carbocycles. The molecule has 78 valence electrons. The van der Waals surface area contributed by atoms with Gasteiger partial charge in [0.15, 0.2) is 0 Å². The predicted molar refractivity (Wildman–Crippen MR) is 56.2 cm³/mol. The second kappa shape index (κ2) is 2.82. The lowest BCUT2D eigenvalue weighted by molar-refractivity contribution is 0.0697. The molecule has 2 aromatic rings. The van der Waals surface area contributed by atoms with Crippen molar-refractivity contribution < 1.29 is 14.7 Å². The van der Waals surface area contributed by atoms with Crippen molar-refractivity contribution in [3.63, 3.8) is 0 Å². The van der Waals surface area contributed by atoms with Gasteiger partial charge in [0.1, 0.15) is 0 Å². The zero-order chi connectivity index (χ0) is 11.3. The molecule has 1 aliphatic rings. The van der Waals surface area contributed by atoms with Crippen LogP contribution < -0.4 is 0 Å². The average molecular weight is 213 g/mol. The molecule has 0 atom stereocenters. The summed E-state index contributed by atoms with van der Waals surface area (Å²) < 4.78 is 1.63. The Morgan fingerprint density at radius 1 is 1.19 bits per heavy atom. The van der Waals surface area contributed by atoms with Crippen molar-refractivity contribution in [2.24, 2.45) is 0 Å². The van der Waals surface area contributed by atoms with E-state index in [1.54, 1.807) is 35.0 Å². The lowest BCUT2D eigenvalue weighted by Gasteiger charge is -2.04. The van der Waals surface area contributed by atoms with Gasteiger partial charge in [-0.3, -0.25) is 4.79 Å². The van der Waals surface area contributed by atoms with Crippen LogP contribution in [0.2, 0.25) is 0 Å². The molecule has 0 unspecified atom stereocenters. The number of carboxylic acids is 1. The molecule has 0 fully saturated rings. The van der Waals surface area contributed by atoms with Crippen LogP contribution in [-0.2, 0) is 0 Å². The van der Waals surface area contributed by atoms with Crippen LogP contribution in [0.5, 0.6) is 0 Å². The number of carbonyl (C=O) groups excluding carboxylic acids is 1. The third kappa shape index (κ3) is 0.930. The van der Waals surface area contributed by atoms with Gasteiger partial charge in [-0.05, 0) is 24.3 Å². The number of ketones is 1. The minimum Gasteiger partial charge on any atom is -0.478 e. The fourth-order valence-electron chi connectivity index (χ4n) is 2.06. The van der Waals surface area contributed by atoms with Crippen LogP contribution in [0.1, 0.15) is 26.4 Å². The highest BCUT2D eigenvalue weighted by Gasteiger charge is 2.29. The van der Waals surface area contributed by atoms with Crippen LogP contribution in [0, 0.1) is 0 Å². The molecule has 1 aliphatic heterocycles. The first kappa shape index (κ1) is 8.91. The summed E-state index contributed by atoms with van der Waals surface area (Å²) in [6.07, 6.45) is 1.70. The van der Waals surface area contributed by atoms with Gasteiger partial charge in [-0.15, -0.1) is 0 Å². The molecule has 16 heavy (non-hydrogen) atoms. The molecule has 1 aromatic carbocycles. The molecular formula is C12H7NO3. The number of hydrogen-bond donors (Lipinski definition) is 1. The standard InChI is InChI=1S/C12H7NO3/c14-11-7-3-1-4-8(12(15)16)10(7)13-6-2-5-9(11)13/h1-6H,(H,15,16). The van der Waals surface area contributed by atoms with Gasteiger partial charge in [0, 0.05) is 11.8 Å². The van der Waals surface area contributed by atoms with Gasteiger partial charge in [0.2, 0.25) is 5.78 Å².